The summed E-state index contributed by atoms with van der Waals surface area (Å²) in [6, 6.07) is 0. The summed E-state index contributed by atoms with van der Waals surface area (Å²) in [5, 5.41) is 0. The van der Waals surface area contributed by atoms with Crippen LogP contribution in [0.1, 0.15) is 37.6 Å². The second-order valence-corrected chi connectivity index (χ2v) is 5.29. The molecule has 0 saturated heterocycles. The van der Waals surface area contributed by atoms with Crippen LogP contribution in [0.15, 0.2) is 0 Å². The van der Waals surface area contributed by atoms with Crippen LogP contribution >= 0.6 is 0 Å². The van der Waals surface area contributed by atoms with E-state index < -0.39 is 6.49 Å². The molecule has 0 spiro atoms. The molecule has 0 aliphatic rings. The lowest BCUT2D eigenvalue weighted by atomic mass is 9.16. The van der Waals surface area contributed by atoms with Gasteiger partial charge in [-0.25, -0.2) is 0 Å². The normalized spacial score (nSPS) is 11.6. The molecule has 0 N–H and O–H groups in total. The maximum atomic E-state index is 5.90. The van der Waals surface area contributed by atoms with E-state index >= 15 is 0 Å². The van der Waals surface area contributed by atoms with Crippen LogP contribution in [0.5, 0.6) is 0 Å². The molecule has 5 heteroatoms. The molecule has 1 rings (SSSR count). The van der Waals surface area contributed by atoms with Gasteiger partial charge in [-0.3, -0.25) is 4.98 Å². The Morgan fingerprint density at radius 1 is 1.06 bits per heavy atom. The van der Waals surface area contributed by atoms with Crippen molar-refractivity contribution < 1.29 is 0 Å². The summed E-state index contributed by atoms with van der Waals surface area (Å²) in [5.41, 5.74) is 4.28. The Bertz CT molecular complexity index is 407. The van der Waals surface area contributed by atoms with Crippen molar-refractivity contribution in [3.63, 3.8) is 0 Å². The third-order valence-corrected chi connectivity index (χ3v) is 2.82. The van der Waals surface area contributed by atoms with Crippen molar-refractivity contribution in [2.24, 2.45) is 0 Å². The van der Waals surface area contributed by atoms with Crippen molar-refractivity contribution >= 4 is 40.9 Å². The Hall–Kier alpha value is -0.590. The molecule has 6 radical (unpaired) electrons. The Balaban J connectivity index is 3.57. The first-order chi connectivity index (χ1) is 7.16. The SMILES string of the molecule is [B]B([B])c1c(C)c([B])nc(C(C)(C)C)c1C. The molecule has 1 aromatic heterocycles. The number of nitrogens with zero attached hydrogens (tertiary/aromatic N) is 1. The molecule has 1 heterocycles. The smallest absolute Gasteiger partial charge is 0.142 e. The summed E-state index contributed by atoms with van der Waals surface area (Å²) in [6.45, 7) is 9.70. The van der Waals surface area contributed by atoms with Gasteiger partial charge in [0.15, 0.2) is 0 Å². The molecule has 1 aromatic rings. The number of hydrogen-bond acceptors (Lipinski definition) is 1. The lowest BCUT2D eigenvalue weighted by Gasteiger charge is -2.26. The lowest BCUT2D eigenvalue weighted by Crippen LogP contribution is -2.42. The lowest BCUT2D eigenvalue weighted by molar-refractivity contribution is 0.566. The van der Waals surface area contributed by atoms with Gasteiger partial charge in [0.25, 0.3) is 0 Å². The van der Waals surface area contributed by atoms with Gasteiger partial charge in [-0.15, -0.1) is 0 Å². The molecule has 0 aromatic carbocycles. The van der Waals surface area contributed by atoms with Crippen molar-refractivity contribution in [3.8, 4) is 0 Å². The number of rotatable bonds is 1. The van der Waals surface area contributed by atoms with E-state index in [0.717, 1.165) is 22.3 Å². The molecule has 0 fully saturated rings. The molecule has 0 aliphatic heterocycles. The van der Waals surface area contributed by atoms with Crippen LogP contribution in [-0.4, -0.2) is 34.8 Å². The minimum absolute atomic E-state index is 0.0600. The second kappa shape index (κ2) is 4.35. The third kappa shape index (κ3) is 2.39. The van der Waals surface area contributed by atoms with Crippen LogP contribution in [0.25, 0.3) is 0 Å². The molecule has 1 nitrogen and oxygen atoms in total. The Morgan fingerprint density at radius 3 is 1.94 bits per heavy atom. The highest BCUT2D eigenvalue weighted by molar-refractivity contribution is 7.35. The van der Waals surface area contributed by atoms with Gasteiger partial charge < -0.3 is 0 Å². The van der Waals surface area contributed by atoms with Crippen molar-refractivity contribution in [2.75, 3.05) is 0 Å². The molecule has 16 heavy (non-hydrogen) atoms. The molecule has 0 bridgehead atoms. The maximum Gasteiger partial charge on any atom is 0.142 e. The van der Waals surface area contributed by atoms with Gasteiger partial charge in [0.1, 0.15) is 7.85 Å². The number of hydrogen-bond donors (Lipinski definition) is 0. The van der Waals surface area contributed by atoms with Crippen LogP contribution < -0.4 is 11.1 Å². The van der Waals surface area contributed by atoms with E-state index in [-0.39, 0.29) is 5.41 Å². The Labute approximate surface area is 103 Å². The van der Waals surface area contributed by atoms with Crippen LogP contribution in [-0.2, 0) is 5.41 Å². The van der Waals surface area contributed by atoms with Crippen molar-refractivity contribution in [2.45, 2.75) is 40.0 Å². The van der Waals surface area contributed by atoms with E-state index in [1.54, 1.807) is 0 Å². The Kier molecular flexibility index (Phi) is 3.66. The fourth-order valence-corrected chi connectivity index (χ4v) is 2.07. The molecule has 0 atom stereocenters. The molecule has 0 unspecified atom stereocenters. The van der Waals surface area contributed by atoms with Gasteiger partial charge in [-0.1, -0.05) is 26.2 Å². The average Bonchev–Trinajstić information content (AvgIpc) is 2.09. The van der Waals surface area contributed by atoms with Gasteiger partial charge in [-0.2, -0.15) is 0 Å². The average molecular weight is 204 g/mol. The summed E-state index contributed by atoms with van der Waals surface area (Å²) >= 11 is 0. The summed E-state index contributed by atoms with van der Waals surface area (Å²) in [4.78, 5) is 4.45. The van der Waals surface area contributed by atoms with Crippen molar-refractivity contribution in [3.05, 3.63) is 16.8 Å². The number of pyridine rings is 1. The third-order valence-electron chi connectivity index (χ3n) is 2.82. The van der Waals surface area contributed by atoms with Gasteiger partial charge in [-0.05, 0) is 30.6 Å². The quantitative estimate of drug-likeness (QED) is 0.579. The van der Waals surface area contributed by atoms with Gasteiger partial charge in [0, 0.05) is 26.6 Å². The second-order valence-electron chi connectivity index (χ2n) is 5.29. The van der Waals surface area contributed by atoms with E-state index in [9.17, 15) is 0 Å². The van der Waals surface area contributed by atoms with Crippen LogP contribution in [0, 0.1) is 13.8 Å². The molecular formula is C11H15B4N. The fourth-order valence-electron chi connectivity index (χ4n) is 2.07. The Morgan fingerprint density at radius 2 is 1.56 bits per heavy atom. The number of aromatic nitrogens is 1. The van der Waals surface area contributed by atoms with E-state index in [1.807, 2.05) is 13.8 Å². The molecule has 0 aliphatic carbocycles. The molecule has 0 amide bonds. The fraction of sp³-hybridized carbons (Fsp3) is 0.545. The zero-order valence-corrected chi connectivity index (χ0v) is 10.8. The highest BCUT2D eigenvalue weighted by atomic mass is 14.7. The summed E-state index contributed by atoms with van der Waals surface area (Å²) in [5.74, 6) is 0. The van der Waals surface area contributed by atoms with E-state index in [4.69, 9.17) is 23.3 Å². The first-order valence-electron chi connectivity index (χ1n) is 5.44. The highest BCUT2D eigenvalue weighted by Crippen LogP contribution is 2.22. The van der Waals surface area contributed by atoms with Crippen LogP contribution in [0.3, 0.4) is 0 Å². The van der Waals surface area contributed by atoms with Gasteiger partial charge in [0.05, 0.1) is 6.49 Å². The van der Waals surface area contributed by atoms with E-state index in [1.165, 1.54) is 0 Å². The minimum atomic E-state index is -0.508. The highest BCUT2D eigenvalue weighted by Gasteiger charge is 2.22. The van der Waals surface area contributed by atoms with Crippen LogP contribution in [0.4, 0.5) is 0 Å². The van der Waals surface area contributed by atoms with E-state index in [0.29, 0.717) is 5.59 Å². The van der Waals surface area contributed by atoms with Gasteiger partial charge >= 0.3 is 0 Å². The zero-order chi connectivity index (χ0) is 12.7. The predicted molar refractivity (Wildman–Crippen MR) is 74.7 cm³/mol. The molecule has 0 saturated carbocycles. The van der Waals surface area contributed by atoms with Crippen LogP contribution in [0.2, 0.25) is 0 Å². The monoisotopic (exact) mass is 205 g/mol. The summed E-state index contributed by atoms with van der Waals surface area (Å²) in [6.07, 6.45) is 0. The first-order valence-corrected chi connectivity index (χ1v) is 5.44. The topological polar surface area (TPSA) is 12.9 Å². The molecular weight excluding hydrogens is 189 g/mol. The summed E-state index contributed by atoms with van der Waals surface area (Å²) < 4.78 is 0. The standard InChI is InChI=1S/C11H15B4N/c1-6-8(15(13)14)7(2)10(12)16-9(6)11(3,4)5/h1-5H3. The summed E-state index contributed by atoms with van der Waals surface area (Å²) in [7, 11) is 17.5. The largest absolute Gasteiger partial charge is 0.268 e. The van der Waals surface area contributed by atoms with Crippen molar-refractivity contribution in [1.82, 2.24) is 4.98 Å². The zero-order valence-electron chi connectivity index (χ0n) is 10.8. The van der Waals surface area contributed by atoms with Crippen molar-refractivity contribution in [1.29, 1.82) is 0 Å². The van der Waals surface area contributed by atoms with Gasteiger partial charge in [0.2, 0.25) is 0 Å². The molecule has 76 valence electrons. The minimum Gasteiger partial charge on any atom is -0.268 e. The maximum absolute atomic E-state index is 5.90. The predicted octanol–water partition coefficient (Wildman–Crippen LogP) is -0.178. The first kappa shape index (κ1) is 13.5. The van der Waals surface area contributed by atoms with E-state index in [2.05, 4.69) is 25.8 Å².